The van der Waals surface area contributed by atoms with Gasteiger partial charge >= 0.3 is 11.9 Å². The van der Waals surface area contributed by atoms with Crippen LogP contribution in [0.25, 0.3) is 12.2 Å². The van der Waals surface area contributed by atoms with Crippen LogP contribution in [-0.2, 0) is 25.5 Å². The highest BCUT2D eigenvalue weighted by Crippen LogP contribution is 2.35. The summed E-state index contributed by atoms with van der Waals surface area (Å²) in [5.41, 5.74) is 2.42. The topological polar surface area (TPSA) is 180 Å². The van der Waals surface area contributed by atoms with Crippen LogP contribution in [0.4, 0.5) is 0 Å². The van der Waals surface area contributed by atoms with E-state index in [2.05, 4.69) is 0 Å². The number of methoxy groups -OCH3 is 4. The molecule has 4 N–H and O–H groups in total. The standard InChI is InChI=1S/C40H42O13/c1-47-33-20-26(7-13-29(33)41)10-17-38(44)51-19-5-6-25-9-16-32(36(22-25)50-4)53-37(40(46)28-12-15-31(43)35(23-28)49-3)24-52-39(45)18-11-27-8-14-30(42)34(21-27)48-2/h7-18,20-23,37,40-43,46H,5-6,19,24H2,1-4H3/b17-10-,18-11-/t37-,40-/m0/s1. The van der Waals surface area contributed by atoms with Gasteiger partial charge in [-0.15, -0.1) is 0 Å². The molecular formula is C40H42O13. The average Bonchev–Trinajstić information content (AvgIpc) is 3.17. The third kappa shape index (κ3) is 11.3. The van der Waals surface area contributed by atoms with E-state index in [1.807, 2.05) is 0 Å². The lowest BCUT2D eigenvalue weighted by Crippen LogP contribution is -2.31. The zero-order valence-electron chi connectivity index (χ0n) is 29.7. The van der Waals surface area contributed by atoms with Gasteiger partial charge in [-0.2, -0.15) is 0 Å². The van der Waals surface area contributed by atoms with Gasteiger partial charge in [0.05, 0.1) is 35.0 Å². The predicted molar refractivity (Wildman–Crippen MR) is 195 cm³/mol. The predicted octanol–water partition coefficient (Wildman–Crippen LogP) is 5.76. The second kappa shape index (κ2) is 19.3. The number of carbonyl (C=O) groups excluding carboxylic acids is 2. The lowest BCUT2D eigenvalue weighted by molar-refractivity contribution is -0.142. The van der Waals surface area contributed by atoms with E-state index < -0.39 is 24.1 Å². The van der Waals surface area contributed by atoms with Crippen LogP contribution in [0.1, 0.15) is 34.8 Å². The fraction of sp³-hybridized carbons (Fsp3) is 0.250. The number of aliphatic hydroxyl groups excluding tert-OH is 1. The number of benzene rings is 4. The van der Waals surface area contributed by atoms with Crippen LogP contribution in [0.2, 0.25) is 0 Å². The van der Waals surface area contributed by atoms with Gasteiger partial charge in [0.1, 0.15) is 12.7 Å². The quantitative estimate of drug-likeness (QED) is 0.0552. The average molecular weight is 731 g/mol. The highest BCUT2D eigenvalue weighted by Gasteiger charge is 2.27. The molecule has 0 aliphatic heterocycles. The third-order valence-electron chi connectivity index (χ3n) is 7.88. The molecular weight excluding hydrogens is 688 g/mol. The molecule has 4 rings (SSSR count). The monoisotopic (exact) mass is 730 g/mol. The van der Waals surface area contributed by atoms with Crippen molar-refractivity contribution in [2.75, 3.05) is 41.7 Å². The highest BCUT2D eigenvalue weighted by molar-refractivity contribution is 5.87. The molecule has 2 atom stereocenters. The number of aromatic hydroxyl groups is 3. The number of rotatable bonds is 18. The molecule has 53 heavy (non-hydrogen) atoms. The summed E-state index contributed by atoms with van der Waals surface area (Å²) >= 11 is 0. The summed E-state index contributed by atoms with van der Waals surface area (Å²) in [6.45, 7) is -0.218. The van der Waals surface area contributed by atoms with Crippen LogP contribution in [-0.4, -0.2) is 80.1 Å². The molecule has 0 fully saturated rings. The Bertz CT molecular complexity index is 1920. The molecule has 0 bridgehead atoms. The van der Waals surface area contributed by atoms with E-state index in [0.29, 0.717) is 35.3 Å². The van der Waals surface area contributed by atoms with Crippen molar-refractivity contribution >= 4 is 24.1 Å². The van der Waals surface area contributed by atoms with Gasteiger partial charge in [0.2, 0.25) is 0 Å². The van der Waals surface area contributed by atoms with Crippen molar-refractivity contribution in [1.29, 1.82) is 0 Å². The summed E-state index contributed by atoms with van der Waals surface area (Å²) in [4.78, 5) is 24.9. The first kappa shape index (κ1) is 39.4. The first-order chi connectivity index (χ1) is 25.5. The summed E-state index contributed by atoms with van der Waals surface area (Å²) < 4.78 is 37.9. The van der Waals surface area contributed by atoms with Gasteiger partial charge in [-0.05, 0) is 95.8 Å². The molecule has 0 aliphatic rings. The molecule has 0 aliphatic carbocycles. The van der Waals surface area contributed by atoms with Crippen molar-refractivity contribution in [3.8, 4) is 46.0 Å². The fourth-order valence-corrected chi connectivity index (χ4v) is 5.04. The third-order valence-corrected chi connectivity index (χ3v) is 7.88. The summed E-state index contributed by atoms with van der Waals surface area (Å²) in [5, 5.41) is 41.0. The molecule has 4 aromatic carbocycles. The minimum absolute atomic E-state index is 0.00410. The molecule has 4 aromatic rings. The molecule has 280 valence electrons. The van der Waals surface area contributed by atoms with Crippen LogP contribution in [0.5, 0.6) is 46.0 Å². The number of ether oxygens (including phenoxy) is 7. The van der Waals surface area contributed by atoms with Crippen molar-refractivity contribution < 1.29 is 63.2 Å². The normalized spacial score (nSPS) is 12.2. The molecule has 0 amide bonds. The van der Waals surface area contributed by atoms with Crippen molar-refractivity contribution in [1.82, 2.24) is 0 Å². The van der Waals surface area contributed by atoms with Crippen molar-refractivity contribution in [2.45, 2.75) is 25.0 Å². The number of aryl methyl sites for hydroxylation is 1. The van der Waals surface area contributed by atoms with Crippen LogP contribution in [0.15, 0.2) is 84.9 Å². The summed E-state index contributed by atoms with van der Waals surface area (Å²) in [5.74, 6) is -0.151. The number of esters is 2. The van der Waals surface area contributed by atoms with Gasteiger partial charge in [-0.3, -0.25) is 0 Å². The van der Waals surface area contributed by atoms with E-state index in [9.17, 15) is 30.0 Å². The highest BCUT2D eigenvalue weighted by atomic mass is 16.6. The number of carbonyl (C=O) groups is 2. The molecule has 13 heteroatoms. The molecule has 0 heterocycles. The van der Waals surface area contributed by atoms with Gasteiger partial charge in [-0.1, -0.05) is 24.3 Å². The largest absolute Gasteiger partial charge is 0.504 e. The first-order valence-electron chi connectivity index (χ1n) is 16.4. The van der Waals surface area contributed by atoms with Gasteiger partial charge in [-0.25, -0.2) is 9.59 Å². The van der Waals surface area contributed by atoms with Gasteiger partial charge in [0, 0.05) is 12.2 Å². The smallest absolute Gasteiger partial charge is 0.330 e. The minimum atomic E-state index is -1.34. The lowest BCUT2D eigenvalue weighted by Gasteiger charge is -2.25. The molecule has 0 radical (unpaired) electrons. The van der Waals surface area contributed by atoms with Crippen LogP contribution in [0.3, 0.4) is 0 Å². The van der Waals surface area contributed by atoms with Crippen molar-refractivity contribution in [2.24, 2.45) is 0 Å². The maximum Gasteiger partial charge on any atom is 0.330 e. The summed E-state index contributed by atoms with van der Waals surface area (Å²) in [6, 6.07) is 18.8. The maximum absolute atomic E-state index is 12.7. The van der Waals surface area contributed by atoms with Crippen LogP contribution < -0.4 is 23.7 Å². The van der Waals surface area contributed by atoms with Crippen LogP contribution >= 0.6 is 0 Å². The van der Waals surface area contributed by atoms with Crippen molar-refractivity contribution in [3.63, 3.8) is 0 Å². The van der Waals surface area contributed by atoms with E-state index in [1.54, 1.807) is 48.5 Å². The number of aliphatic hydroxyl groups is 1. The van der Waals surface area contributed by atoms with E-state index in [0.717, 1.165) is 5.56 Å². The summed E-state index contributed by atoms with van der Waals surface area (Å²) in [6.07, 6.45) is 4.10. The molecule has 0 saturated carbocycles. The number of phenolic OH excluding ortho intramolecular Hbond substituents is 3. The van der Waals surface area contributed by atoms with E-state index in [4.69, 9.17) is 33.2 Å². The Labute approximate surface area is 306 Å². The van der Waals surface area contributed by atoms with Gasteiger partial charge in [0.15, 0.2) is 52.1 Å². The van der Waals surface area contributed by atoms with Crippen LogP contribution in [0, 0.1) is 0 Å². The number of phenols is 3. The zero-order chi connectivity index (χ0) is 38.3. The Hall–Kier alpha value is -6.34. The molecule has 0 saturated heterocycles. The Kier molecular flexibility index (Phi) is 14.4. The lowest BCUT2D eigenvalue weighted by atomic mass is 10.0. The maximum atomic E-state index is 12.7. The second-order valence-corrected chi connectivity index (χ2v) is 11.4. The molecule has 0 spiro atoms. The molecule has 0 unspecified atom stereocenters. The van der Waals surface area contributed by atoms with E-state index in [-0.39, 0.29) is 53.5 Å². The van der Waals surface area contributed by atoms with E-state index in [1.165, 1.54) is 77.0 Å². The van der Waals surface area contributed by atoms with Gasteiger partial charge in [0.25, 0.3) is 0 Å². The number of hydrogen-bond donors (Lipinski definition) is 4. The van der Waals surface area contributed by atoms with Crippen molar-refractivity contribution in [3.05, 3.63) is 107 Å². The Balaban J connectivity index is 1.41. The first-order valence-corrected chi connectivity index (χ1v) is 16.4. The Morgan fingerprint density at radius 2 is 1.15 bits per heavy atom. The van der Waals surface area contributed by atoms with Gasteiger partial charge < -0.3 is 53.6 Å². The fourth-order valence-electron chi connectivity index (χ4n) is 5.04. The molecule has 13 nitrogen and oxygen atoms in total. The minimum Gasteiger partial charge on any atom is -0.504 e. The number of hydrogen-bond acceptors (Lipinski definition) is 13. The SMILES string of the molecule is COc1cc(/C=C\C(=O)OCCCc2ccc(O[C@@H](COC(=O)/C=C\c3ccc(O)c(OC)c3)[C@@H](O)c3ccc(O)c(OC)c3)c(OC)c2)ccc1O. The Morgan fingerprint density at radius 1 is 0.623 bits per heavy atom. The second-order valence-electron chi connectivity index (χ2n) is 11.4. The van der Waals surface area contributed by atoms with E-state index >= 15 is 0 Å². The Morgan fingerprint density at radius 3 is 1.72 bits per heavy atom. The summed E-state index contributed by atoms with van der Waals surface area (Å²) in [7, 11) is 5.69. The molecule has 0 aromatic heterocycles. The zero-order valence-corrected chi connectivity index (χ0v) is 29.7.